The number of nitrogens with zero attached hydrogens (tertiary/aromatic N) is 1. The van der Waals surface area contributed by atoms with E-state index in [1.165, 1.54) is 29.2 Å². The summed E-state index contributed by atoms with van der Waals surface area (Å²) in [4.78, 5) is 25.6. The molecular formula is C19H19ClF2N2O4. The number of amides is 2. The molecule has 0 saturated heterocycles. The molecule has 2 rings (SSSR count). The molecule has 0 unspecified atom stereocenters. The summed E-state index contributed by atoms with van der Waals surface area (Å²) < 4.78 is 34.2. The van der Waals surface area contributed by atoms with Gasteiger partial charge in [-0.2, -0.15) is 8.78 Å². The molecule has 0 aromatic heterocycles. The van der Waals surface area contributed by atoms with E-state index in [1.54, 1.807) is 31.3 Å². The van der Waals surface area contributed by atoms with E-state index < -0.39 is 12.5 Å². The molecule has 28 heavy (non-hydrogen) atoms. The maximum Gasteiger partial charge on any atom is 0.387 e. The van der Waals surface area contributed by atoms with Gasteiger partial charge in [-0.15, -0.1) is 0 Å². The second kappa shape index (κ2) is 10.5. The normalized spacial score (nSPS) is 10.5. The van der Waals surface area contributed by atoms with Crippen LogP contribution >= 0.6 is 11.6 Å². The molecule has 0 aliphatic carbocycles. The largest absolute Gasteiger partial charge is 0.492 e. The first kappa shape index (κ1) is 21.4. The molecule has 1 N–H and O–H groups in total. The summed E-state index contributed by atoms with van der Waals surface area (Å²) in [7, 11) is 1.58. The van der Waals surface area contributed by atoms with Crippen molar-refractivity contribution in [3.05, 3.63) is 59.1 Å². The van der Waals surface area contributed by atoms with Crippen molar-refractivity contribution in [2.75, 3.05) is 26.7 Å². The third-order valence-corrected chi connectivity index (χ3v) is 3.87. The highest BCUT2D eigenvalue weighted by Gasteiger charge is 2.13. The number of carbonyl (C=O) groups is 2. The number of ether oxygens (including phenoxy) is 2. The monoisotopic (exact) mass is 412 g/mol. The Bertz CT molecular complexity index is 820. The van der Waals surface area contributed by atoms with Crippen LogP contribution in [0.25, 0.3) is 0 Å². The number of hydrogen-bond donors (Lipinski definition) is 1. The van der Waals surface area contributed by atoms with E-state index in [9.17, 15) is 18.4 Å². The van der Waals surface area contributed by atoms with E-state index in [-0.39, 0.29) is 30.4 Å². The lowest BCUT2D eigenvalue weighted by Gasteiger charge is -2.18. The highest BCUT2D eigenvalue weighted by atomic mass is 35.5. The highest BCUT2D eigenvalue weighted by molar-refractivity contribution is 6.30. The van der Waals surface area contributed by atoms with Gasteiger partial charge in [0.15, 0.2) is 0 Å². The number of halogens is 3. The standard InChI is InChI=1S/C19H19ClF2N2O4/c1-24(8-9-27-15-6-3-5-14(20)11-15)17(25)12-23-18(26)13-4-2-7-16(10-13)28-19(21)22/h2-7,10-11,19H,8-9,12H2,1H3,(H,23,26). The van der Waals surface area contributed by atoms with Crippen molar-refractivity contribution >= 4 is 23.4 Å². The van der Waals surface area contributed by atoms with Crippen LogP contribution < -0.4 is 14.8 Å². The van der Waals surface area contributed by atoms with Crippen LogP contribution in [0.4, 0.5) is 8.78 Å². The molecule has 2 aromatic carbocycles. The van der Waals surface area contributed by atoms with Crippen LogP contribution in [-0.4, -0.2) is 50.1 Å². The molecule has 0 atom stereocenters. The summed E-state index contributed by atoms with van der Waals surface area (Å²) in [6.45, 7) is -2.67. The van der Waals surface area contributed by atoms with Gasteiger partial charge in [-0.3, -0.25) is 9.59 Å². The van der Waals surface area contributed by atoms with Gasteiger partial charge in [-0.25, -0.2) is 0 Å². The number of likely N-dealkylation sites (N-methyl/N-ethyl adjacent to an activating group) is 1. The lowest BCUT2D eigenvalue weighted by molar-refractivity contribution is -0.129. The van der Waals surface area contributed by atoms with Gasteiger partial charge in [0, 0.05) is 17.6 Å². The van der Waals surface area contributed by atoms with E-state index >= 15 is 0 Å². The molecule has 0 aliphatic heterocycles. The lowest BCUT2D eigenvalue weighted by atomic mass is 10.2. The maximum atomic E-state index is 12.2. The zero-order valence-corrected chi connectivity index (χ0v) is 15.8. The molecule has 150 valence electrons. The van der Waals surface area contributed by atoms with Gasteiger partial charge in [0.05, 0.1) is 13.1 Å². The fourth-order valence-corrected chi connectivity index (χ4v) is 2.37. The topological polar surface area (TPSA) is 67.9 Å². The summed E-state index contributed by atoms with van der Waals surface area (Å²) in [5.74, 6) is -0.448. The Morgan fingerprint density at radius 1 is 1.14 bits per heavy atom. The lowest BCUT2D eigenvalue weighted by Crippen LogP contribution is -2.39. The summed E-state index contributed by atoms with van der Waals surface area (Å²) in [6.07, 6.45) is 0. The molecule has 6 nitrogen and oxygen atoms in total. The molecular weight excluding hydrogens is 394 g/mol. The van der Waals surface area contributed by atoms with E-state index in [1.807, 2.05) is 0 Å². The summed E-state index contributed by atoms with van der Waals surface area (Å²) in [5.41, 5.74) is 0.109. The second-order valence-corrected chi connectivity index (χ2v) is 6.15. The van der Waals surface area contributed by atoms with Crippen molar-refractivity contribution in [3.8, 4) is 11.5 Å². The first-order chi connectivity index (χ1) is 13.3. The molecule has 0 fully saturated rings. The molecule has 0 heterocycles. The minimum atomic E-state index is -2.98. The predicted octanol–water partition coefficient (Wildman–Crippen LogP) is 3.21. The van der Waals surface area contributed by atoms with Crippen LogP contribution in [0.1, 0.15) is 10.4 Å². The average Bonchev–Trinajstić information content (AvgIpc) is 2.65. The summed E-state index contributed by atoms with van der Waals surface area (Å²) >= 11 is 5.86. The van der Waals surface area contributed by atoms with Crippen molar-refractivity contribution in [3.63, 3.8) is 0 Å². The Balaban J connectivity index is 1.76. The minimum Gasteiger partial charge on any atom is -0.492 e. The molecule has 0 aliphatic rings. The predicted molar refractivity (Wildman–Crippen MR) is 100.0 cm³/mol. The third kappa shape index (κ3) is 7.03. The number of nitrogens with one attached hydrogen (secondary N) is 1. The molecule has 9 heteroatoms. The van der Waals surface area contributed by atoms with Crippen LogP contribution in [0.2, 0.25) is 5.02 Å². The minimum absolute atomic E-state index is 0.109. The van der Waals surface area contributed by atoms with Crippen LogP contribution in [0.5, 0.6) is 11.5 Å². The van der Waals surface area contributed by atoms with Crippen LogP contribution in [0.15, 0.2) is 48.5 Å². The van der Waals surface area contributed by atoms with Gasteiger partial charge in [0.2, 0.25) is 5.91 Å². The fourth-order valence-electron chi connectivity index (χ4n) is 2.19. The highest BCUT2D eigenvalue weighted by Crippen LogP contribution is 2.17. The van der Waals surface area contributed by atoms with Crippen molar-refractivity contribution in [2.24, 2.45) is 0 Å². The van der Waals surface area contributed by atoms with Gasteiger partial charge in [-0.05, 0) is 36.4 Å². The Morgan fingerprint density at radius 3 is 2.57 bits per heavy atom. The first-order valence-electron chi connectivity index (χ1n) is 8.30. The first-order valence-corrected chi connectivity index (χ1v) is 8.68. The number of rotatable bonds is 9. The molecule has 0 bridgehead atoms. The van der Waals surface area contributed by atoms with E-state index in [4.69, 9.17) is 16.3 Å². The van der Waals surface area contributed by atoms with Gasteiger partial charge in [0.25, 0.3) is 5.91 Å². The summed E-state index contributed by atoms with van der Waals surface area (Å²) in [6, 6.07) is 12.2. The van der Waals surface area contributed by atoms with Gasteiger partial charge in [-0.1, -0.05) is 23.7 Å². The van der Waals surface area contributed by atoms with E-state index in [0.29, 0.717) is 17.3 Å². The van der Waals surface area contributed by atoms with Gasteiger partial charge in [0.1, 0.15) is 18.1 Å². The molecule has 2 aromatic rings. The Hall–Kier alpha value is -2.87. The molecule has 0 radical (unpaired) electrons. The molecule has 2 amide bonds. The van der Waals surface area contributed by atoms with Crippen molar-refractivity contribution < 1.29 is 27.8 Å². The summed E-state index contributed by atoms with van der Waals surface area (Å²) in [5, 5.41) is 2.99. The maximum absolute atomic E-state index is 12.2. The number of benzene rings is 2. The zero-order valence-electron chi connectivity index (χ0n) is 15.0. The number of carbonyl (C=O) groups excluding carboxylic acids is 2. The molecule has 0 spiro atoms. The number of alkyl halides is 2. The van der Waals surface area contributed by atoms with Crippen molar-refractivity contribution in [1.29, 1.82) is 0 Å². The van der Waals surface area contributed by atoms with Crippen LogP contribution in [0.3, 0.4) is 0 Å². The van der Waals surface area contributed by atoms with Crippen molar-refractivity contribution in [2.45, 2.75) is 6.61 Å². The average molecular weight is 413 g/mol. The third-order valence-electron chi connectivity index (χ3n) is 3.64. The fraction of sp³-hybridized carbons (Fsp3) is 0.263. The van der Waals surface area contributed by atoms with Gasteiger partial charge >= 0.3 is 6.61 Å². The Labute approximate surface area is 166 Å². The number of hydrogen-bond acceptors (Lipinski definition) is 4. The van der Waals surface area contributed by atoms with Crippen LogP contribution in [-0.2, 0) is 4.79 Å². The van der Waals surface area contributed by atoms with E-state index in [2.05, 4.69) is 10.1 Å². The SMILES string of the molecule is CN(CCOc1cccc(Cl)c1)C(=O)CNC(=O)c1cccc(OC(F)F)c1. The molecule has 0 saturated carbocycles. The second-order valence-electron chi connectivity index (χ2n) is 5.71. The van der Waals surface area contributed by atoms with Crippen molar-refractivity contribution in [1.82, 2.24) is 10.2 Å². The van der Waals surface area contributed by atoms with E-state index in [0.717, 1.165) is 0 Å². The van der Waals surface area contributed by atoms with Crippen LogP contribution in [0, 0.1) is 0 Å². The Kier molecular flexibility index (Phi) is 8.01. The Morgan fingerprint density at radius 2 is 1.86 bits per heavy atom. The van der Waals surface area contributed by atoms with Gasteiger partial charge < -0.3 is 19.7 Å². The smallest absolute Gasteiger partial charge is 0.387 e. The quantitative estimate of drug-likeness (QED) is 0.686. The zero-order chi connectivity index (χ0) is 20.5.